The van der Waals surface area contributed by atoms with Crippen LogP contribution in [0, 0.1) is 17.8 Å². The van der Waals surface area contributed by atoms with Gasteiger partial charge in [0, 0.05) is 13.2 Å². The number of aliphatic hydroxyl groups excluding tert-OH is 1. The summed E-state index contributed by atoms with van der Waals surface area (Å²) in [6.07, 6.45) is 1.18. The van der Waals surface area contributed by atoms with Crippen molar-refractivity contribution in [1.82, 2.24) is 0 Å². The average Bonchev–Trinajstić information content (AvgIpc) is 3.42. The highest BCUT2D eigenvalue weighted by atomic mass is 28.4. The summed E-state index contributed by atoms with van der Waals surface area (Å²) in [6, 6.07) is 21.6. The highest BCUT2D eigenvalue weighted by Gasteiger charge is 2.52. The highest BCUT2D eigenvalue weighted by Crippen LogP contribution is 2.46. The molecule has 0 bridgehead atoms. The lowest BCUT2D eigenvalue weighted by molar-refractivity contribution is 0.205. The van der Waals surface area contributed by atoms with Crippen molar-refractivity contribution in [2.75, 3.05) is 13.2 Å². The highest BCUT2D eigenvalue weighted by molar-refractivity contribution is 6.99. The normalized spacial score (nSPS) is 21.4. The summed E-state index contributed by atoms with van der Waals surface area (Å²) in [5.41, 5.74) is 0. The van der Waals surface area contributed by atoms with Gasteiger partial charge in [0.2, 0.25) is 0 Å². The van der Waals surface area contributed by atoms with Gasteiger partial charge in [-0.2, -0.15) is 0 Å². The summed E-state index contributed by atoms with van der Waals surface area (Å²) in [4.78, 5) is 0. The molecule has 1 fully saturated rings. The largest absolute Gasteiger partial charge is 0.407 e. The fraction of sp³-hybridized carbons (Fsp3) is 0.478. The van der Waals surface area contributed by atoms with Crippen LogP contribution in [0.5, 0.6) is 0 Å². The molecule has 26 heavy (non-hydrogen) atoms. The van der Waals surface area contributed by atoms with Gasteiger partial charge in [-0.05, 0) is 39.6 Å². The Bertz CT molecular complexity index is 654. The smallest absolute Gasteiger partial charge is 0.261 e. The second-order valence-electron chi connectivity index (χ2n) is 8.79. The molecule has 0 radical (unpaired) electrons. The molecule has 1 N–H and O–H groups in total. The maximum Gasteiger partial charge on any atom is 0.261 e. The SMILES string of the molecule is CC(CO)[C@H]1C[C@H]1CO[Si](c1ccccc1)(c1ccccc1)C(C)(C)C. The molecule has 1 aliphatic carbocycles. The Kier molecular flexibility index (Phi) is 5.71. The van der Waals surface area contributed by atoms with Gasteiger partial charge >= 0.3 is 0 Å². The number of benzene rings is 2. The zero-order valence-corrected chi connectivity index (χ0v) is 17.5. The van der Waals surface area contributed by atoms with Crippen molar-refractivity contribution in [2.24, 2.45) is 17.8 Å². The minimum atomic E-state index is -2.41. The molecule has 1 saturated carbocycles. The van der Waals surface area contributed by atoms with E-state index in [0.717, 1.165) is 6.61 Å². The van der Waals surface area contributed by atoms with Crippen LogP contribution in [0.25, 0.3) is 0 Å². The molecule has 0 aromatic heterocycles. The van der Waals surface area contributed by atoms with E-state index in [0.29, 0.717) is 17.8 Å². The molecular weight excluding hydrogens is 336 g/mol. The van der Waals surface area contributed by atoms with Crippen molar-refractivity contribution in [3.63, 3.8) is 0 Å². The van der Waals surface area contributed by atoms with Crippen molar-refractivity contribution in [1.29, 1.82) is 0 Å². The quantitative estimate of drug-likeness (QED) is 0.753. The van der Waals surface area contributed by atoms with E-state index in [1.807, 2.05) is 0 Å². The van der Waals surface area contributed by atoms with Crippen molar-refractivity contribution in [3.8, 4) is 0 Å². The van der Waals surface area contributed by atoms with Crippen LogP contribution in [0.2, 0.25) is 5.04 Å². The lowest BCUT2D eigenvalue weighted by Gasteiger charge is -2.43. The number of hydrogen-bond acceptors (Lipinski definition) is 2. The summed E-state index contributed by atoms with van der Waals surface area (Å²) in [5, 5.41) is 12.2. The molecule has 2 aromatic rings. The summed E-state index contributed by atoms with van der Waals surface area (Å²) in [7, 11) is -2.41. The Balaban J connectivity index is 1.96. The maximum atomic E-state index is 9.44. The fourth-order valence-electron chi connectivity index (χ4n) is 4.29. The van der Waals surface area contributed by atoms with Crippen LogP contribution in [-0.4, -0.2) is 26.6 Å². The molecule has 0 spiro atoms. The van der Waals surface area contributed by atoms with E-state index < -0.39 is 8.32 Å². The third kappa shape index (κ3) is 3.66. The third-order valence-electron chi connectivity index (χ3n) is 5.93. The molecule has 2 nitrogen and oxygen atoms in total. The lowest BCUT2D eigenvalue weighted by atomic mass is 10.1. The molecule has 3 heteroatoms. The standard InChI is InChI=1S/C23H32O2Si/c1-18(16-24)22-15-19(22)17-25-26(23(2,3)4,20-11-7-5-8-12-20)21-13-9-6-10-14-21/h5-14,18-19,22,24H,15-17H2,1-4H3/t18?,19-,22+/m0/s1. The van der Waals surface area contributed by atoms with Gasteiger partial charge in [-0.25, -0.2) is 0 Å². The van der Waals surface area contributed by atoms with E-state index in [-0.39, 0.29) is 11.6 Å². The molecule has 0 amide bonds. The Morgan fingerprint density at radius 3 is 1.92 bits per heavy atom. The molecule has 0 heterocycles. The van der Waals surface area contributed by atoms with Gasteiger partial charge < -0.3 is 9.53 Å². The molecule has 3 rings (SSSR count). The Hall–Kier alpha value is -1.42. The van der Waals surface area contributed by atoms with E-state index in [4.69, 9.17) is 4.43 Å². The average molecular weight is 369 g/mol. The zero-order chi connectivity index (χ0) is 18.8. The van der Waals surface area contributed by atoms with Crippen molar-refractivity contribution in [3.05, 3.63) is 60.7 Å². The predicted octanol–water partition coefficient (Wildman–Crippen LogP) is 3.83. The minimum Gasteiger partial charge on any atom is -0.407 e. The first-order chi connectivity index (χ1) is 12.4. The van der Waals surface area contributed by atoms with E-state index >= 15 is 0 Å². The van der Waals surface area contributed by atoms with Gasteiger partial charge in [0.05, 0.1) is 0 Å². The van der Waals surface area contributed by atoms with Crippen molar-refractivity contribution >= 4 is 18.7 Å². The summed E-state index contributed by atoms with van der Waals surface area (Å²) >= 11 is 0. The number of aliphatic hydroxyl groups is 1. The fourth-order valence-corrected chi connectivity index (χ4v) is 8.91. The van der Waals surface area contributed by atoms with Crippen molar-refractivity contribution in [2.45, 2.75) is 39.2 Å². The van der Waals surface area contributed by atoms with E-state index in [1.165, 1.54) is 16.8 Å². The molecular formula is C23H32O2Si. The molecule has 0 saturated heterocycles. The van der Waals surface area contributed by atoms with Gasteiger partial charge in [-0.1, -0.05) is 88.4 Å². The summed E-state index contributed by atoms with van der Waals surface area (Å²) < 4.78 is 6.97. The second kappa shape index (κ2) is 7.67. The van der Waals surface area contributed by atoms with Gasteiger partial charge in [0.15, 0.2) is 0 Å². The topological polar surface area (TPSA) is 29.5 Å². The summed E-state index contributed by atoms with van der Waals surface area (Å²) in [5.74, 6) is 1.57. The Morgan fingerprint density at radius 2 is 1.50 bits per heavy atom. The van der Waals surface area contributed by atoms with E-state index in [9.17, 15) is 5.11 Å². The van der Waals surface area contributed by atoms with Gasteiger partial charge in [0.1, 0.15) is 0 Å². The van der Waals surface area contributed by atoms with Crippen LogP contribution >= 0.6 is 0 Å². The van der Waals surface area contributed by atoms with Crippen LogP contribution in [0.15, 0.2) is 60.7 Å². The zero-order valence-electron chi connectivity index (χ0n) is 16.5. The molecule has 0 aliphatic heterocycles. The van der Waals surface area contributed by atoms with Crippen LogP contribution in [0.3, 0.4) is 0 Å². The second-order valence-corrected chi connectivity index (χ2v) is 13.1. The maximum absolute atomic E-state index is 9.44. The molecule has 2 aromatic carbocycles. The van der Waals surface area contributed by atoms with Crippen LogP contribution < -0.4 is 10.4 Å². The van der Waals surface area contributed by atoms with Gasteiger partial charge in [0.25, 0.3) is 8.32 Å². The monoisotopic (exact) mass is 368 g/mol. The van der Waals surface area contributed by atoms with E-state index in [1.54, 1.807) is 0 Å². The lowest BCUT2D eigenvalue weighted by Crippen LogP contribution is -2.66. The first-order valence-corrected chi connectivity index (χ1v) is 11.7. The summed E-state index contributed by atoms with van der Waals surface area (Å²) in [6.45, 7) is 10.2. The number of hydrogen-bond donors (Lipinski definition) is 1. The van der Waals surface area contributed by atoms with E-state index in [2.05, 4.69) is 88.4 Å². The Labute approximate surface area is 159 Å². The van der Waals surface area contributed by atoms with Gasteiger partial charge in [-0.3, -0.25) is 0 Å². The predicted molar refractivity (Wildman–Crippen MR) is 111 cm³/mol. The first kappa shape index (κ1) is 19.3. The molecule has 140 valence electrons. The Morgan fingerprint density at radius 1 is 1.00 bits per heavy atom. The third-order valence-corrected chi connectivity index (χ3v) is 10.9. The number of rotatable bonds is 7. The first-order valence-electron chi connectivity index (χ1n) is 9.76. The van der Waals surface area contributed by atoms with Gasteiger partial charge in [-0.15, -0.1) is 0 Å². The molecule has 3 atom stereocenters. The van der Waals surface area contributed by atoms with Crippen molar-refractivity contribution < 1.29 is 9.53 Å². The molecule has 1 aliphatic rings. The van der Waals surface area contributed by atoms with Crippen LogP contribution in [0.1, 0.15) is 34.1 Å². The minimum absolute atomic E-state index is 0.0304. The van der Waals surface area contributed by atoms with Crippen LogP contribution in [-0.2, 0) is 4.43 Å². The van der Waals surface area contributed by atoms with Crippen LogP contribution in [0.4, 0.5) is 0 Å². The molecule has 1 unspecified atom stereocenters.